The number of fused-ring (bicyclic) bond motifs is 1. The molecule has 2 aromatic carbocycles. The van der Waals surface area contributed by atoms with Crippen LogP contribution in [0.3, 0.4) is 0 Å². The molecule has 0 aliphatic carbocycles. The average molecular weight is 460 g/mol. The van der Waals surface area contributed by atoms with E-state index < -0.39 is 17.2 Å². The maximum atomic E-state index is 13.2. The molecular formula is C21H15Cl2N3O3S. The van der Waals surface area contributed by atoms with E-state index in [1.165, 1.54) is 15.9 Å². The molecule has 6 nitrogen and oxygen atoms in total. The van der Waals surface area contributed by atoms with Crippen LogP contribution in [-0.4, -0.2) is 15.0 Å². The van der Waals surface area contributed by atoms with Crippen molar-refractivity contribution in [3.63, 3.8) is 0 Å². The summed E-state index contributed by atoms with van der Waals surface area (Å²) in [6.07, 6.45) is 0. The first-order valence-electron chi connectivity index (χ1n) is 8.90. The summed E-state index contributed by atoms with van der Waals surface area (Å²) in [5, 5.41) is 5.47. The molecule has 2 heterocycles. The molecule has 0 unspecified atom stereocenters. The van der Waals surface area contributed by atoms with E-state index in [1.54, 1.807) is 53.9 Å². The summed E-state index contributed by atoms with van der Waals surface area (Å²) in [5.74, 6) is -0.411. The van der Waals surface area contributed by atoms with E-state index in [9.17, 15) is 14.4 Å². The highest BCUT2D eigenvalue weighted by Gasteiger charge is 2.17. The summed E-state index contributed by atoms with van der Waals surface area (Å²) in [7, 11) is 0. The van der Waals surface area contributed by atoms with Gasteiger partial charge in [0.25, 0.3) is 5.56 Å². The number of carbonyl (C=O) groups is 1. The Kier molecular flexibility index (Phi) is 5.51. The molecule has 0 bridgehead atoms. The van der Waals surface area contributed by atoms with Crippen LogP contribution in [0.4, 0.5) is 5.69 Å². The Morgan fingerprint density at radius 1 is 1.07 bits per heavy atom. The Hall–Kier alpha value is -2.87. The van der Waals surface area contributed by atoms with Crippen molar-refractivity contribution in [3.05, 3.63) is 90.4 Å². The molecule has 0 saturated carbocycles. The van der Waals surface area contributed by atoms with Crippen molar-refractivity contribution in [2.45, 2.75) is 13.5 Å². The zero-order chi connectivity index (χ0) is 21.4. The van der Waals surface area contributed by atoms with Gasteiger partial charge in [0.1, 0.15) is 11.2 Å². The lowest BCUT2D eigenvalue weighted by Gasteiger charge is -2.13. The van der Waals surface area contributed by atoms with Gasteiger partial charge in [0, 0.05) is 15.7 Å². The van der Waals surface area contributed by atoms with Crippen LogP contribution in [-0.2, 0) is 11.3 Å². The van der Waals surface area contributed by atoms with E-state index in [1.807, 2.05) is 6.92 Å². The fourth-order valence-electron chi connectivity index (χ4n) is 3.07. The summed E-state index contributed by atoms with van der Waals surface area (Å²) < 4.78 is 2.72. The molecule has 0 atom stereocenters. The summed E-state index contributed by atoms with van der Waals surface area (Å²) in [4.78, 5) is 38.7. The summed E-state index contributed by atoms with van der Waals surface area (Å²) in [6, 6.07) is 13.2. The summed E-state index contributed by atoms with van der Waals surface area (Å²) >= 11 is 13.2. The first-order valence-corrected chi connectivity index (χ1v) is 10.5. The van der Waals surface area contributed by atoms with Crippen LogP contribution >= 0.6 is 34.5 Å². The van der Waals surface area contributed by atoms with Crippen LogP contribution in [0.15, 0.2) is 63.5 Å². The van der Waals surface area contributed by atoms with Gasteiger partial charge < -0.3 is 5.32 Å². The number of carbonyl (C=O) groups excluding carboxylic acids is 1. The van der Waals surface area contributed by atoms with Crippen LogP contribution in [0.25, 0.3) is 15.9 Å². The minimum Gasteiger partial charge on any atom is -0.324 e. The van der Waals surface area contributed by atoms with E-state index in [-0.39, 0.29) is 6.54 Å². The van der Waals surface area contributed by atoms with Crippen molar-refractivity contribution in [2.75, 3.05) is 5.32 Å². The number of aromatic nitrogens is 2. The van der Waals surface area contributed by atoms with Gasteiger partial charge in [-0.25, -0.2) is 9.36 Å². The molecule has 4 aromatic rings. The van der Waals surface area contributed by atoms with Gasteiger partial charge >= 0.3 is 5.69 Å². The van der Waals surface area contributed by atoms with Gasteiger partial charge in [-0.15, -0.1) is 11.3 Å². The molecule has 2 aromatic heterocycles. The fourth-order valence-corrected chi connectivity index (χ4v) is 4.20. The maximum absolute atomic E-state index is 13.2. The zero-order valence-corrected chi connectivity index (χ0v) is 18.0. The first kappa shape index (κ1) is 20.4. The number of aryl methyl sites for hydroxylation is 1. The normalized spacial score (nSPS) is 11.0. The first-order chi connectivity index (χ1) is 14.3. The van der Waals surface area contributed by atoms with E-state index in [2.05, 4.69) is 5.32 Å². The molecule has 1 amide bonds. The van der Waals surface area contributed by atoms with Gasteiger partial charge in [0.15, 0.2) is 0 Å². The lowest BCUT2D eigenvalue weighted by molar-refractivity contribution is -0.116. The smallest absolute Gasteiger partial charge is 0.324 e. The number of thiophene rings is 1. The molecule has 0 saturated heterocycles. The van der Waals surface area contributed by atoms with E-state index >= 15 is 0 Å². The third-order valence-electron chi connectivity index (χ3n) is 4.60. The molecule has 9 heteroatoms. The molecule has 0 radical (unpaired) electrons. The van der Waals surface area contributed by atoms with Crippen molar-refractivity contribution in [3.8, 4) is 5.69 Å². The number of amides is 1. The van der Waals surface area contributed by atoms with Gasteiger partial charge in [0.2, 0.25) is 5.91 Å². The molecule has 0 aliphatic rings. The number of hydrogen-bond donors (Lipinski definition) is 1. The zero-order valence-electron chi connectivity index (χ0n) is 15.7. The predicted octanol–water partition coefficient (Wildman–Crippen LogP) is 4.47. The Morgan fingerprint density at radius 3 is 2.50 bits per heavy atom. The minimum atomic E-state index is -0.606. The van der Waals surface area contributed by atoms with Crippen molar-refractivity contribution >= 4 is 56.3 Å². The third kappa shape index (κ3) is 3.79. The molecular weight excluding hydrogens is 445 g/mol. The van der Waals surface area contributed by atoms with Crippen molar-refractivity contribution in [2.24, 2.45) is 0 Å². The second kappa shape index (κ2) is 8.10. The number of nitrogens with zero attached hydrogens (tertiary/aromatic N) is 2. The second-order valence-corrected chi connectivity index (χ2v) is 8.39. The third-order valence-corrected chi connectivity index (χ3v) is 6.15. The SMILES string of the molecule is Cc1ccc(NC(=O)Cn2c(=O)n(-c3ccc(Cl)cc3)c(=O)c3sccc32)cc1Cl. The minimum absolute atomic E-state index is 0.259. The van der Waals surface area contributed by atoms with Crippen molar-refractivity contribution < 1.29 is 4.79 Å². The lowest BCUT2D eigenvalue weighted by atomic mass is 10.2. The number of benzene rings is 2. The monoisotopic (exact) mass is 459 g/mol. The van der Waals surface area contributed by atoms with E-state index in [0.717, 1.165) is 10.1 Å². The summed E-state index contributed by atoms with van der Waals surface area (Å²) in [5.41, 5.74) is 1.17. The molecule has 30 heavy (non-hydrogen) atoms. The number of nitrogens with one attached hydrogen (secondary N) is 1. The van der Waals surface area contributed by atoms with Gasteiger partial charge in [-0.2, -0.15) is 0 Å². The summed E-state index contributed by atoms with van der Waals surface area (Å²) in [6.45, 7) is 1.60. The Bertz CT molecular complexity index is 1390. The highest BCUT2D eigenvalue weighted by Crippen LogP contribution is 2.21. The van der Waals surface area contributed by atoms with Gasteiger partial charge in [0.05, 0.1) is 11.2 Å². The number of hydrogen-bond acceptors (Lipinski definition) is 4. The topological polar surface area (TPSA) is 73.1 Å². The fraction of sp³-hybridized carbons (Fsp3) is 0.0952. The average Bonchev–Trinajstić information content (AvgIpc) is 3.20. The lowest BCUT2D eigenvalue weighted by Crippen LogP contribution is -2.40. The molecule has 152 valence electrons. The molecule has 0 spiro atoms. The number of rotatable bonds is 4. The van der Waals surface area contributed by atoms with Crippen molar-refractivity contribution in [1.29, 1.82) is 0 Å². The van der Waals surface area contributed by atoms with Crippen LogP contribution in [0.1, 0.15) is 5.56 Å². The van der Waals surface area contributed by atoms with E-state index in [4.69, 9.17) is 23.2 Å². The predicted molar refractivity (Wildman–Crippen MR) is 122 cm³/mol. The molecule has 0 fully saturated rings. The second-order valence-electron chi connectivity index (χ2n) is 6.63. The standard InChI is InChI=1S/C21H15Cl2N3O3S/c1-12-2-5-14(10-16(12)23)24-18(27)11-25-17-8-9-30-19(17)20(28)26(21(25)29)15-6-3-13(22)4-7-15/h2-10H,11H2,1H3,(H,24,27). The Labute approximate surface area is 184 Å². The molecule has 0 aliphatic heterocycles. The van der Waals surface area contributed by atoms with Crippen LogP contribution in [0, 0.1) is 6.92 Å². The highest BCUT2D eigenvalue weighted by atomic mass is 35.5. The van der Waals surface area contributed by atoms with Crippen LogP contribution in [0.2, 0.25) is 10.0 Å². The largest absolute Gasteiger partial charge is 0.336 e. The number of halogens is 2. The van der Waals surface area contributed by atoms with Crippen LogP contribution in [0.5, 0.6) is 0 Å². The Morgan fingerprint density at radius 2 is 1.80 bits per heavy atom. The van der Waals surface area contributed by atoms with Gasteiger partial charge in [-0.05, 0) is 60.3 Å². The van der Waals surface area contributed by atoms with Crippen LogP contribution < -0.4 is 16.6 Å². The molecule has 1 N–H and O–H groups in total. The number of anilines is 1. The quantitative estimate of drug-likeness (QED) is 0.489. The highest BCUT2D eigenvalue weighted by molar-refractivity contribution is 7.17. The van der Waals surface area contributed by atoms with Gasteiger partial charge in [-0.1, -0.05) is 29.3 Å². The van der Waals surface area contributed by atoms with Gasteiger partial charge in [-0.3, -0.25) is 14.2 Å². The molecule has 4 rings (SSSR count). The Balaban J connectivity index is 1.76. The van der Waals surface area contributed by atoms with E-state index in [0.29, 0.717) is 31.6 Å². The maximum Gasteiger partial charge on any atom is 0.336 e. The van der Waals surface area contributed by atoms with Crippen molar-refractivity contribution in [1.82, 2.24) is 9.13 Å².